The molecule has 0 spiro atoms. The highest BCUT2D eigenvalue weighted by molar-refractivity contribution is 6.30. The Morgan fingerprint density at radius 1 is 1.33 bits per heavy atom. The van der Waals surface area contributed by atoms with Crippen LogP contribution in [0.4, 0.5) is 0 Å². The number of nitrogens with one attached hydrogen (secondary N) is 2. The second-order valence-corrected chi connectivity index (χ2v) is 5.51. The van der Waals surface area contributed by atoms with Crippen LogP contribution in [0.5, 0.6) is 0 Å². The first-order valence-corrected chi connectivity index (χ1v) is 6.99. The summed E-state index contributed by atoms with van der Waals surface area (Å²) in [5, 5.41) is 7.61. The van der Waals surface area contributed by atoms with Gasteiger partial charge in [0.2, 0.25) is 0 Å². The van der Waals surface area contributed by atoms with Crippen LogP contribution in [0.2, 0.25) is 5.02 Å². The van der Waals surface area contributed by atoms with Gasteiger partial charge in [0.1, 0.15) is 0 Å². The number of nitrogens with zero attached hydrogens (tertiary/aromatic N) is 1. The van der Waals surface area contributed by atoms with Crippen LogP contribution >= 0.6 is 11.6 Å². The molecule has 1 saturated carbocycles. The molecule has 1 fully saturated rings. The molecule has 18 heavy (non-hydrogen) atoms. The quantitative estimate of drug-likeness (QED) is 0.860. The molecule has 1 aromatic rings. The van der Waals surface area contributed by atoms with Crippen molar-refractivity contribution in [2.45, 2.75) is 31.2 Å². The maximum Gasteiger partial charge on any atom is 0.191 e. The molecule has 0 amide bonds. The van der Waals surface area contributed by atoms with Crippen LogP contribution in [0.1, 0.15) is 30.7 Å². The molecule has 0 aromatic heterocycles. The van der Waals surface area contributed by atoms with Gasteiger partial charge in [0.15, 0.2) is 5.96 Å². The van der Waals surface area contributed by atoms with E-state index in [4.69, 9.17) is 11.6 Å². The summed E-state index contributed by atoms with van der Waals surface area (Å²) in [7, 11) is 0. The molecule has 0 unspecified atom stereocenters. The first kappa shape index (κ1) is 11.8. The zero-order valence-electron chi connectivity index (χ0n) is 10.3. The Balaban J connectivity index is 1.52. The zero-order valence-corrected chi connectivity index (χ0v) is 11.1. The molecule has 3 nitrogen and oxygen atoms in total. The van der Waals surface area contributed by atoms with Crippen LogP contribution in [0, 0.1) is 0 Å². The van der Waals surface area contributed by atoms with E-state index in [0.29, 0.717) is 12.0 Å². The molecular formula is C14H18ClN3. The van der Waals surface area contributed by atoms with Gasteiger partial charge in [-0.25, -0.2) is 0 Å². The molecule has 0 bridgehead atoms. The molecule has 0 atom stereocenters. The minimum absolute atomic E-state index is 0.554. The van der Waals surface area contributed by atoms with Crippen molar-refractivity contribution < 1.29 is 0 Å². The maximum atomic E-state index is 6.02. The van der Waals surface area contributed by atoms with Crippen molar-refractivity contribution in [1.82, 2.24) is 10.6 Å². The lowest BCUT2D eigenvalue weighted by molar-refractivity contribution is 0.321. The van der Waals surface area contributed by atoms with E-state index in [1.165, 1.54) is 18.4 Å². The highest BCUT2D eigenvalue weighted by Crippen LogP contribution is 2.37. The SMILES string of the molecule is Clc1cccc(C2CC(NC3=NCCCN3)C2)c1. The van der Waals surface area contributed by atoms with Gasteiger partial charge in [0.05, 0.1) is 0 Å². The fraction of sp³-hybridized carbons (Fsp3) is 0.500. The van der Waals surface area contributed by atoms with Gasteiger partial charge in [-0.3, -0.25) is 4.99 Å². The number of hydrogen-bond acceptors (Lipinski definition) is 3. The van der Waals surface area contributed by atoms with Gasteiger partial charge in [-0.05, 0) is 42.9 Å². The summed E-state index contributed by atoms with van der Waals surface area (Å²) in [6.45, 7) is 1.98. The number of halogens is 1. The van der Waals surface area contributed by atoms with E-state index in [1.807, 2.05) is 12.1 Å². The number of hydrogen-bond donors (Lipinski definition) is 2. The maximum absolute atomic E-state index is 6.02. The van der Waals surface area contributed by atoms with E-state index in [1.54, 1.807) is 0 Å². The van der Waals surface area contributed by atoms with Gasteiger partial charge < -0.3 is 10.6 Å². The highest BCUT2D eigenvalue weighted by Gasteiger charge is 2.31. The fourth-order valence-electron chi connectivity index (χ4n) is 2.59. The summed E-state index contributed by atoms with van der Waals surface area (Å²) in [5.41, 5.74) is 1.36. The van der Waals surface area contributed by atoms with Crippen LogP contribution in [0.3, 0.4) is 0 Å². The Hall–Kier alpha value is -1.22. The topological polar surface area (TPSA) is 36.4 Å². The van der Waals surface area contributed by atoms with Gasteiger partial charge in [-0.2, -0.15) is 0 Å². The largest absolute Gasteiger partial charge is 0.356 e. The molecule has 96 valence electrons. The Bertz CT molecular complexity index is 452. The molecule has 0 saturated heterocycles. The lowest BCUT2D eigenvalue weighted by atomic mass is 9.76. The molecule has 0 radical (unpaired) electrons. The molecule has 4 heteroatoms. The smallest absolute Gasteiger partial charge is 0.191 e. The van der Waals surface area contributed by atoms with Crippen LogP contribution in [0.15, 0.2) is 29.3 Å². The van der Waals surface area contributed by atoms with Crippen LogP contribution in [0.25, 0.3) is 0 Å². The number of guanidine groups is 1. The van der Waals surface area contributed by atoms with Crippen molar-refractivity contribution in [2.75, 3.05) is 13.1 Å². The van der Waals surface area contributed by atoms with Crippen LogP contribution in [-0.2, 0) is 0 Å². The Labute approximate surface area is 113 Å². The summed E-state index contributed by atoms with van der Waals surface area (Å²) in [4.78, 5) is 4.44. The Kier molecular flexibility index (Phi) is 3.41. The van der Waals surface area contributed by atoms with Crippen molar-refractivity contribution in [3.05, 3.63) is 34.9 Å². The van der Waals surface area contributed by atoms with E-state index >= 15 is 0 Å². The minimum Gasteiger partial charge on any atom is -0.356 e. The molecule has 1 heterocycles. The van der Waals surface area contributed by atoms with E-state index in [-0.39, 0.29) is 0 Å². The lowest BCUT2D eigenvalue weighted by Gasteiger charge is -2.37. The van der Waals surface area contributed by atoms with Crippen LogP contribution < -0.4 is 10.6 Å². The van der Waals surface area contributed by atoms with E-state index in [2.05, 4.69) is 27.8 Å². The monoisotopic (exact) mass is 263 g/mol. The highest BCUT2D eigenvalue weighted by atomic mass is 35.5. The predicted molar refractivity (Wildman–Crippen MR) is 75.3 cm³/mol. The average Bonchev–Trinajstić information content (AvgIpc) is 2.34. The van der Waals surface area contributed by atoms with Gasteiger partial charge >= 0.3 is 0 Å². The molecule has 2 aliphatic rings. The van der Waals surface area contributed by atoms with Crippen molar-refractivity contribution >= 4 is 17.6 Å². The molecular weight excluding hydrogens is 246 g/mol. The van der Waals surface area contributed by atoms with Crippen molar-refractivity contribution in [2.24, 2.45) is 4.99 Å². The molecule has 1 aliphatic carbocycles. The first-order valence-electron chi connectivity index (χ1n) is 6.61. The second kappa shape index (κ2) is 5.19. The van der Waals surface area contributed by atoms with Gasteiger partial charge in [-0.1, -0.05) is 23.7 Å². The molecule has 2 N–H and O–H groups in total. The number of rotatable bonds is 2. The van der Waals surface area contributed by atoms with E-state index in [0.717, 1.165) is 30.5 Å². The third-order valence-corrected chi connectivity index (χ3v) is 3.93. The molecule has 1 aliphatic heterocycles. The molecule has 3 rings (SSSR count). The van der Waals surface area contributed by atoms with Crippen molar-refractivity contribution in [3.8, 4) is 0 Å². The first-order chi connectivity index (χ1) is 8.81. The normalized spacial score (nSPS) is 26.8. The average molecular weight is 264 g/mol. The number of benzene rings is 1. The standard InChI is InChI=1S/C14H18ClN3/c15-12-4-1-3-10(7-12)11-8-13(9-11)18-14-16-5-2-6-17-14/h1,3-4,7,11,13H,2,5-6,8-9H2,(H2,16,17,18). The summed E-state index contributed by atoms with van der Waals surface area (Å²) in [6, 6.07) is 8.77. The number of aliphatic imine (C=N–C) groups is 1. The zero-order chi connectivity index (χ0) is 12.4. The molecule has 1 aromatic carbocycles. The van der Waals surface area contributed by atoms with Gasteiger partial charge in [0.25, 0.3) is 0 Å². The summed E-state index contributed by atoms with van der Waals surface area (Å²) >= 11 is 6.02. The van der Waals surface area contributed by atoms with Crippen molar-refractivity contribution in [3.63, 3.8) is 0 Å². The van der Waals surface area contributed by atoms with Crippen LogP contribution in [-0.4, -0.2) is 25.1 Å². The predicted octanol–water partition coefficient (Wildman–Crippen LogP) is 2.52. The van der Waals surface area contributed by atoms with Gasteiger partial charge in [-0.15, -0.1) is 0 Å². The Morgan fingerprint density at radius 2 is 2.22 bits per heavy atom. The Morgan fingerprint density at radius 3 is 2.94 bits per heavy atom. The summed E-state index contributed by atoms with van der Waals surface area (Å²) in [6.07, 6.45) is 3.48. The second-order valence-electron chi connectivity index (χ2n) is 5.08. The third-order valence-electron chi connectivity index (χ3n) is 3.70. The minimum atomic E-state index is 0.554. The summed E-state index contributed by atoms with van der Waals surface area (Å²) < 4.78 is 0. The van der Waals surface area contributed by atoms with Gasteiger partial charge in [0, 0.05) is 24.2 Å². The lowest BCUT2D eigenvalue weighted by Crippen LogP contribution is -2.50. The van der Waals surface area contributed by atoms with Crippen molar-refractivity contribution in [1.29, 1.82) is 0 Å². The third kappa shape index (κ3) is 2.61. The van der Waals surface area contributed by atoms with E-state index in [9.17, 15) is 0 Å². The summed E-state index contributed by atoms with van der Waals surface area (Å²) in [5.74, 6) is 1.63. The fourth-order valence-corrected chi connectivity index (χ4v) is 2.79. The van der Waals surface area contributed by atoms with E-state index < -0.39 is 0 Å².